The van der Waals surface area contributed by atoms with Crippen LogP contribution in [0.1, 0.15) is 6.42 Å². The van der Waals surface area contributed by atoms with Crippen molar-refractivity contribution in [1.29, 1.82) is 0 Å². The summed E-state index contributed by atoms with van der Waals surface area (Å²) >= 11 is 0. The quantitative estimate of drug-likeness (QED) is 0.807. The fourth-order valence-corrected chi connectivity index (χ4v) is 3.59. The highest BCUT2D eigenvalue weighted by Gasteiger charge is 2.25. The maximum atomic E-state index is 12.4. The summed E-state index contributed by atoms with van der Waals surface area (Å²) in [6, 6.07) is 8.19. The minimum Gasteiger partial charge on any atom is -0.340 e. The summed E-state index contributed by atoms with van der Waals surface area (Å²) in [6.45, 7) is 2.99. The predicted octanol–water partition coefficient (Wildman–Crippen LogP) is 0.471. The lowest BCUT2D eigenvalue weighted by molar-refractivity contribution is -0.131. The van der Waals surface area contributed by atoms with E-state index in [1.807, 2.05) is 7.05 Å². The van der Waals surface area contributed by atoms with Crippen LogP contribution >= 0.6 is 0 Å². The molecule has 0 bridgehead atoms. The van der Waals surface area contributed by atoms with Crippen molar-refractivity contribution in [3.05, 3.63) is 30.3 Å². The van der Waals surface area contributed by atoms with Gasteiger partial charge < -0.3 is 9.80 Å². The molecule has 7 heteroatoms. The maximum Gasteiger partial charge on any atom is 0.243 e. The zero-order valence-corrected chi connectivity index (χ0v) is 13.9. The molecule has 0 aromatic heterocycles. The van der Waals surface area contributed by atoms with Crippen LogP contribution in [-0.2, 0) is 14.8 Å². The van der Waals surface area contributed by atoms with Crippen LogP contribution < -0.4 is 0 Å². The Morgan fingerprint density at radius 1 is 1.14 bits per heavy atom. The molecule has 122 valence electrons. The van der Waals surface area contributed by atoms with Crippen molar-refractivity contribution < 1.29 is 13.2 Å². The molecule has 0 spiro atoms. The Labute approximate surface area is 132 Å². The summed E-state index contributed by atoms with van der Waals surface area (Å²) in [5, 5.41) is 0. The van der Waals surface area contributed by atoms with Gasteiger partial charge in [0.15, 0.2) is 0 Å². The van der Waals surface area contributed by atoms with E-state index in [9.17, 15) is 13.2 Å². The Kier molecular flexibility index (Phi) is 5.55. The summed E-state index contributed by atoms with van der Waals surface area (Å²) in [6.07, 6.45) is 0.914. The Bertz CT molecular complexity index is 604. The first-order valence-electron chi connectivity index (χ1n) is 7.39. The molecule has 1 aromatic carbocycles. The van der Waals surface area contributed by atoms with Crippen LogP contribution in [0.2, 0.25) is 0 Å². The molecule has 22 heavy (non-hydrogen) atoms. The number of carbonyl (C=O) groups is 1. The van der Waals surface area contributed by atoms with Gasteiger partial charge in [0, 0.05) is 26.7 Å². The molecule has 2 rings (SSSR count). The standard InChI is InChI=1S/C15H23N3O3S/c1-16-9-6-10-18(12-11-16)15(19)13-17(2)22(20,21)14-7-4-3-5-8-14/h3-5,7-8H,6,9-13H2,1-2H3. The van der Waals surface area contributed by atoms with Crippen molar-refractivity contribution in [2.45, 2.75) is 11.3 Å². The lowest BCUT2D eigenvalue weighted by Crippen LogP contribution is -2.42. The molecule has 0 aliphatic carbocycles. The van der Waals surface area contributed by atoms with E-state index in [2.05, 4.69) is 4.90 Å². The minimum atomic E-state index is -3.62. The van der Waals surface area contributed by atoms with Crippen LogP contribution in [-0.4, -0.2) is 75.2 Å². The molecule has 0 atom stereocenters. The van der Waals surface area contributed by atoms with Gasteiger partial charge in [-0.2, -0.15) is 4.31 Å². The van der Waals surface area contributed by atoms with E-state index in [0.717, 1.165) is 23.8 Å². The monoisotopic (exact) mass is 325 g/mol. The highest BCUT2D eigenvalue weighted by Crippen LogP contribution is 2.13. The molecule has 0 unspecified atom stereocenters. The third-order valence-corrected chi connectivity index (χ3v) is 5.70. The van der Waals surface area contributed by atoms with Gasteiger partial charge in [0.05, 0.1) is 11.4 Å². The molecule has 6 nitrogen and oxygen atoms in total. The number of likely N-dealkylation sites (N-methyl/N-ethyl adjacent to an activating group) is 2. The molecule has 1 aliphatic rings. The van der Waals surface area contributed by atoms with Gasteiger partial charge in [0.2, 0.25) is 15.9 Å². The average Bonchev–Trinajstić information content (AvgIpc) is 2.72. The van der Waals surface area contributed by atoms with Crippen LogP contribution in [0, 0.1) is 0 Å². The second-order valence-corrected chi connectivity index (χ2v) is 7.66. The third-order valence-electron chi connectivity index (χ3n) is 3.88. The van der Waals surface area contributed by atoms with E-state index < -0.39 is 10.0 Å². The van der Waals surface area contributed by atoms with Gasteiger partial charge in [-0.25, -0.2) is 8.42 Å². The number of benzene rings is 1. The van der Waals surface area contributed by atoms with Crippen LogP contribution in [0.5, 0.6) is 0 Å². The van der Waals surface area contributed by atoms with E-state index >= 15 is 0 Å². The van der Waals surface area contributed by atoms with Crippen LogP contribution in [0.3, 0.4) is 0 Å². The van der Waals surface area contributed by atoms with E-state index in [0.29, 0.717) is 13.1 Å². The van der Waals surface area contributed by atoms with Crippen LogP contribution in [0.4, 0.5) is 0 Å². The normalized spacial score (nSPS) is 17.5. The van der Waals surface area contributed by atoms with Crippen molar-refractivity contribution in [2.75, 3.05) is 46.8 Å². The van der Waals surface area contributed by atoms with Crippen molar-refractivity contribution in [2.24, 2.45) is 0 Å². The fraction of sp³-hybridized carbons (Fsp3) is 0.533. The van der Waals surface area contributed by atoms with Gasteiger partial charge in [-0.15, -0.1) is 0 Å². The predicted molar refractivity (Wildman–Crippen MR) is 85.0 cm³/mol. The molecule has 0 radical (unpaired) electrons. The average molecular weight is 325 g/mol. The molecular weight excluding hydrogens is 302 g/mol. The first kappa shape index (κ1) is 16.9. The first-order valence-corrected chi connectivity index (χ1v) is 8.83. The van der Waals surface area contributed by atoms with Crippen LogP contribution in [0.25, 0.3) is 0 Å². The van der Waals surface area contributed by atoms with Gasteiger partial charge in [-0.05, 0) is 32.1 Å². The number of carbonyl (C=O) groups excluding carboxylic acids is 1. The van der Waals surface area contributed by atoms with E-state index in [-0.39, 0.29) is 17.3 Å². The van der Waals surface area contributed by atoms with Gasteiger partial charge >= 0.3 is 0 Å². The maximum absolute atomic E-state index is 12.4. The summed E-state index contributed by atoms with van der Waals surface area (Å²) in [4.78, 5) is 16.5. The number of nitrogens with zero attached hydrogens (tertiary/aromatic N) is 3. The Hall–Kier alpha value is -1.44. The van der Waals surface area contributed by atoms with Gasteiger partial charge in [0.1, 0.15) is 0 Å². The highest BCUT2D eigenvalue weighted by molar-refractivity contribution is 7.89. The number of rotatable bonds is 4. The molecule has 0 N–H and O–H groups in total. The molecule has 0 saturated carbocycles. The second kappa shape index (κ2) is 7.21. The zero-order valence-electron chi connectivity index (χ0n) is 13.1. The van der Waals surface area contributed by atoms with Crippen molar-refractivity contribution in [1.82, 2.24) is 14.1 Å². The summed E-state index contributed by atoms with van der Waals surface area (Å²) in [5.74, 6) is -0.141. The van der Waals surface area contributed by atoms with Crippen LogP contribution in [0.15, 0.2) is 35.2 Å². The molecule has 1 fully saturated rings. The molecule has 1 aliphatic heterocycles. The fourth-order valence-electron chi connectivity index (χ4n) is 2.44. The lowest BCUT2D eigenvalue weighted by atomic mass is 10.4. The topological polar surface area (TPSA) is 60.9 Å². The molecule has 1 aromatic rings. The molecule has 1 amide bonds. The Morgan fingerprint density at radius 3 is 2.50 bits per heavy atom. The number of sulfonamides is 1. The highest BCUT2D eigenvalue weighted by atomic mass is 32.2. The van der Waals surface area contributed by atoms with Gasteiger partial charge in [0.25, 0.3) is 0 Å². The van der Waals surface area contributed by atoms with Crippen molar-refractivity contribution in [3.63, 3.8) is 0 Å². The molecule has 1 saturated heterocycles. The lowest BCUT2D eigenvalue weighted by Gasteiger charge is -2.24. The van der Waals surface area contributed by atoms with E-state index in [1.165, 1.54) is 19.2 Å². The van der Waals surface area contributed by atoms with Crippen molar-refractivity contribution in [3.8, 4) is 0 Å². The molecular formula is C15H23N3O3S. The Morgan fingerprint density at radius 2 is 1.82 bits per heavy atom. The molecule has 1 heterocycles. The third kappa shape index (κ3) is 4.06. The number of amides is 1. The zero-order chi connectivity index (χ0) is 16.2. The second-order valence-electron chi connectivity index (χ2n) is 5.61. The Balaban J connectivity index is 2.02. The summed E-state index contributed by atoms with van der Waals surface area (Å²) in [7, 11) is -0.141. The van der Waals surface area contributed by atoms with E-state index in [1.54, 1.807) is 23.1 Å². The number of hydrogen-bond donors (Lipinski definition) is 0. The number of hydrogen-bond acceptors (Lipinski definition) is 4. The van der Waals surface area contributed by atoms with E-state index in [4.69, 9.17) is 0 Å². The SMILES string of the molecule is CN1CCCN(C(=O)CN(C)S(=O)(=O)c2ccccc2)CC1. The van der Waals surface area contributed by atoms with Gasteiger partial charge in [-0.1, -0.05) is 18.2 Å². The largest absolute Gasteiger partial charge is 0.340 e. The van der Waals surface area contributed by atoms with Gasteiger partial charge in [-0.3, -0.25) is 4.79 Å². The van der Waals surface area contributed by atoms with Crippen molar-refractivity contribution >= 4 is 15.9 Å². The minimum absolute atomic E-state index is 0.124. The summed E-state index contributed by atoms with van der Waals surface area (Å²) in [5.41, 5.74) is 0. The first-order chi connectivity index (χ1) is 10.4. The smallest absolute Gasteiger partial charge is 0.243 e. The summed E-state index contributed by atoms with van der Waals surface area (Å²) < 4.78 is 26.0.